The van der Waals surface area contributed by atoms with Crippen molar-refractivity contribution in [1.82, 2.24) is 24.9 Å². The highest BCUT2D eigenvalue weighted by Crippen LogP contribution is 2.64. The van der Waals surface area contributed by atoms with Crippen LogP contribution in [0, 0.1) is 11.7 Å². The van der Waals surface area contributed by atoms with E-state index in [0.29, 0.717) is 25.2 Å². The Morgan fingerprint density at radius 2 is 2.14 bits per heavy atom. The molecule has 3 aromatic rings. The number of carboxylic acids is 1. The van der Waals surface area contributed by atoms with E-state index in [2.05, 4.69) is 20.4 Å². The number of alkyl carbamates (subject to hydrolysis) is 1. The van der Waals surface area contributed by atoms with Crippen LogP contribution in [-0.4, -0.2) is 54.9 Å². The second-order valence-corrected chi connectivity index (χ2v) is 10.9. The highest BCUT2D eigenvalue weighted by atomic mass is 19.1. The molecule has 1 amide bonds. The minimum Gasteiger partial charge on any atom is -0.477 e. The molecule has 0 radical (unpaired) electrons. The molecule has 11 heteroatoms. The van der Waals surface area contributed by atoms with Gasteiger partial charge in [0.1, 0.15) is 17.0 Å². The number of nitrogens with one attached hydrogen (secondary N) is 1. The van der Waals surface area contributed by atoms with Gasteiger partial charge in [0.05, 0.1) is 11.7 Å². The highest BCUT2D eigenvalue weighted by molar-refractivity contribution is 6.00. The molecule has 5 rings (SSSR count). The zero-order valence-electron chi connectivity index (χ0n) is 21.4. The Labute approximate surface area is 213 Å². The number of carbonyl (C=O) groups excluding carboxylic acids is 1. The first-order valence-corrected chi connectivity index (χ1v) is 12.5. The number of carbonyl (C=O) groups is 2. The second kappa shape index (κ2) is 8.97. The first-order chi connectivity index (χ1) is 17.5. The van der Waals surface area contributed by atoms with Crippen LogP contribution in [-0.2, 0) is 16.7 Å². The summed E-state index contributed by atoms with van der Waals surface area (Å²) in [5.41, 5.74) is 0.615. The summed E-state index contributed by atoms with van der Waals surface area (Å²) in [7, 11) is 0. The number of hydrogen-bond acceptors (Lipinski definition) is 7. The fourth-order valence-electron chi connectivity index (χ4n) is 5.47. The number of hydrogen-bond donors (Lipinski definition) is 2. The molecule has 37 heavy (non-hydrogen) atoms. The molecule has 1 aliphatic carbocycles. The van der Waals surface area contributed by atoms with Gasteiger partial charge in [0, 0.05) is 36.2 Å². The summed E-state index contributed by atoms with van der Waals surface area (Å²) in [5.74, 6) is -0.976. The van der Waals surface area contributed by atoms with Crippen LogP contribution in [0.3, 0.4) is 0 Å². The maximum atomic E-state index is 14.5. The lowest BCUT2D eigenvalue weighted by Gasteiger charge is -2.31. The first kappa shape index (κ1) is 24.9. The third kappa shape index (κ3) is 4.58. The van der Waals surface area contributed by atoms with Crippen molar-refractivity contribution in [2.75, 3.05) is 11.4 Å². The number of pyridine rings is 1. The molecule has 0 bridgehead atoms. The van der Waals surface area contributed by atoms with Crippen LogP contribution in [0.15, 0.2) is 30.7 Å². The number of aromatic nitrogens is 4. The van der Waals surface area contributed by atoms with Crippen molar-refractivity contribution in [3.63, 3.8) is 0 Å². The topological polar surface area (TPSA) is 122 Å². The van der Waals surface area contributed by atoms with Crippen molar-refractivity contribution in [2.45, 2.75) is 70.6 Å². The zero-order chi connectivity index (χ0) is 26.5. The third-order valence-corrected chi connectivity index (χ3v) is 7.08. The molecule has 2 fully saturated rings. The fraction of sp³-hybridized carbons (Fsp3) is 0.500. The molecular formula is C26H31FN6O4. The summed E-state index contributed by atoms with van der Waals surface area (Å²) in [5, 5.41) is 17.4. The molecule has 4 heterocycles. The average molecular weight is 511 g/mol. The molecule has 0 spiro atoms. The highest BCUT2D eigenvalue weighted by Gasteiger charge is 2.65. The van der Waals surface area contributed by atoms with Crippen molar-refractivity contribution >= 4 is 23.5 Å². The molecule has 1 aliphatic heterocycles. The monoisotopic (exact) mass is 510 g/mol. The smallest absolute Gasteiger partial charge is 0.407 e. The Balaban J connectivity index is 1.44. The van der Waals surface area contributed by atoms with Crippen LogP contribution in [0.4, 0.5) is 15.0 Å². The van der Waals surface area contributed by atoms with Crippen LogP contribution in [0.1, 0.15) is 68.6 Å². The maximum absolute atomic E-state index is 14.5. The van der Waals surface area contributed by atoms with Gasteiger partial charge in [0.2, 0.25) is 0 Å². The Morgan fingerprint density at radius 1 is 1.35 bits per heavy atom. The van der Waals surface area contributed by atoms with Crippen molar-refractivity contribution in [2.24, 2.45) is 5.92 Å². The number of nitrogens with zero attached hydrogens (tertiary/aromatic N) is 5. The Bertz CT molecular complexity index is 1370. The van der Waals surface area contributed by atoms with Crippen molar-refractivity contribution in [1.29, 1.82) is 0 Å². The quantitative estimate of drug-likeness (QED) is 0.490. The van der Waals surface area contributed by atoms with Gasteiger partial charge < -0.3 is 20.1 Å². The second-order valence-electron chi connectivity index (χ2n) is 10.9. The minimum atomic E-state index is -1.11. The van der Waals surface area contributed by atoms with E-state index >= 15 is 0 Å². The molecule has 196 valence electrons. The number of carboxylic acid groups (broad SMARTS) is 1. The number of ether oxygens (including phenoxy) is 1. The van der Waals surface area contributed by atoms with E-state index in [1.54, 1.807) is 33.0 Å². The summed E-state index contributed by atoms with van der Waals surface area (Å²) in [6, 6.07) is 3.02. The summed E-state index contributed by atoms with van der Waals surface area (Å²) in [4.78, 5) is 35.1. The Morgan fingerprint density at radius 3 is 2.84 bits per heavy atom. The van der Waals surface area contributed by atoms with Gasteiger partial charge in [0.15, 0.2) is 11.5 Å². The van der Waals surface area contributed by atoms with Crippen molar-refractivity contribution in [3.05, 3.63) is 53.4 Å². The number of halogens is 1. The molecule has 2 N–H and O–H groups in total. The minimum absolute atomic E-state index is 0.0358. The number of piperidine rings is 1. The SMILES string of the molecule is C[C@H](CCc1ncc(F)cc1C12CC1CCN2c1nn2cccnc2c1C(=O)O)NC(=O)OC(C)(C)C. The van der Waals surface area contributed by atoms with Gasteiger partial charge in [-0.05, 0) is 71.4 Å². The molecule has 1 saturated heterocycles. The predicted molar refractivity (Wildman–Crippen MR) is 133 cm³/mol. The van der Waals surface area contributed by atoms with E-state index in [0.717, 1.165) is 24.1 Å². The summed E-state index contributed by atoms with van der Waals surface area (Å²) < 4.78 is 21.4. The van der Waals surface area contributed by atoms with Gasteiger partial charge in [0.25, 0.3) is 0 Å². The molecule has 2 aliphatic rings. The number of anilines is 1. The summed E-state index contributed by atoms with van der Waals surface area (Å²) in [6.07, 6.45) is 6.60. The molecular weight excluding hydrogens is 479 g/mol. The predicted octanol–water partition coefficient (Wildman–Crippen LogP) is 3.93. The van der Waals surface area contributed by atoms with E-state index in [1.807, 2.05) is 11.8 Å². The summed E-state index contributed by atoms with van der Waals surface area (Å²) in [6.45, 7) is 7.90. The van der Waals surface area contributed by atoms with E-state index in [9.17, 15) is 19.1 Å². The van der Waals surface area contributed by atoms with E-state index in [-0.39, 0.29) is 23.2 Å². The number of aromatic carboxylic acids is 1. The van der Waals surface area contributed by atoms with Gasteiger partial charge >= 0.3 is 12.1 Å². The lowest BCUT2D eigenvalue weighted by molar-refractivity contribution is 0.0505. The van der Waals surface area contributed by atoms with E-state index < -0.39 is 29.0 Å². The van der Waals surface area contributed by atoms with Gasteiger partial charge in [-0.1, -0.05) is 0 Å². The third-order valence-electron chi connectivity index (χ3n) is 7.08. The summed E-state index contributed by atoms with van der Waals surface area (Å²) >= 11 is 0. The molecule has 0 aromatic carbocycles. The molecule has 1 saturated carbocycles. The number of rotatable bonds is 7. The molecule has 2 unspecified atom stereocenters. The lowest BCUT2D eigenvalue weighted by atomic mass is 9.96. The van der Waals surface area contributed by atoms with Crippen molar-refractivity contribution in [3.8, 4) is 0 Å². The number of amides is 1. The van der Waals surface area contributed by atoms with Crippen LogP contribution in [0.2, 0.25) is 0 Å². The van der Waals surface area contributed by atoms with Crippen LogP contribution in [0.5, 0.6) is 0 Å². The van der Waals surface area contributed by atoms with Crippen molar-refractivity contribution < 1.29 is 23.8 Å². The Kier molecular flexibility index (Phi) is 6.04. The fourth-order valence-corrected chi connectivity index (χ4v) is 5.47. The van der Waals surface area contributed by atoms with Gasteiger partial charge in [-0.3, -0.25) is 4.98 Å². The Hall–Kier alpha value is -3.76. The van der Waals surface area contributed by atoms with Crippen LogP contribution < -0.4 is 10.2 Å². The largest absolute Gasteiger partial charge is 0.477 e. The lowest BCUT2D eigenvalue weighted by Crippen LogP contribution is -2.38. The van der Waals surface area contributed by atoms with Gasteiger partial charge in [-0.25, -0.2) is 23.5 Å². The van der Waals surface area contributed by atoms with E-state index in [4.69, 9.17) is 4.74 Å². The number of aryl methyl sites for hydroxylation is 1. The van der Waals surface area contributed by atoms with Crippen LogP contribution in [0.25, 0.3) is 5.65 Å². The molecule has 3 aromatic heterocycles. The average Bonchev–Trinajstić information content (AvgIpc) is 3.22. The number of fused-ring (bicyclic) bond motifs is 2. The van der Waals surface area contributed by atoms with Gasteiger partial charge in [-0.15, -0.1) is 5.10 Å². The van der Waals surface area contributed by atoms with E-state index in [1.165, 1.54) is 23.0 Å². The maximum Gasteiger partial charge on any atom is 0.407 e. The molecule has 3 atom stereocenters. The first-order valence-electron chi connectivity index (χ1n) is 12.5. The van der Waals surface area contributed by atoms with Crippen LogP contribution >= 0.6 is 0 Å². The van der Waals surface area contributed by atoms with Gasteiger partial charge in [-0.2, -0.15) is 0 Å². The normalized spacial score (nSPS) is 21.5. The standard InChI is InChI=1S/C26H31FN6O4/c1-15(30-24(36)37-25(2,3)4)6-7-19-18(12-17(27)14-29-19)26-13-16(26)8-11-32(26)22-20(23(34)35)21-28-9-5-10-33(21)31-22/h5,9-10,12,14-16H,6-8,11,13H2,1-4H3,(H,30,36)(H,34,35)/t15-,16?,26?/m1/s1. The zero-order valence-corrected chi connectivity index (χ0v) is 21.4. The molecule has 10 nitrogen and oxygen atoms in total.